The van der Waals surface area contributed by atoms with Gasteiger partial charge in [-0.3, -0.25) is 0 Å². The van der Waals surface area contributed by atoms with Gasteiger partial charge < -0.3 is 10.2 Å². The van der Waals surface area contributed by atoms with Crippen molar-refractivity contribution in [2.75, 3.05) is 20.1 Å². The third kappa shape index (κ3) is 3.80. The summed E-state index contributed by atoms with van der Waals surface area (Å²) in [6.45, 7) is 9.27. The van der Waals surface area contributed by atoms with E-state index in [1.807, 2.05) is 0 Å². The van der Waals surface area contributed by atoms with Crippen molar-refractivity contribution in [1.29, 1.82) is 0 Å². The SMILES string of the molecule is CCc1ccc(C(C)NC2CCN(C)CC2C)cc1. The van der Waals surface area contributed by atoms with Crippen LogP contribution in [0.1, 0.15) is 44.4 Å². The zero-order valence-corrected chi connectivity index (χ0v) is 12.8. The van der Waals surface area contributed by atoms with Crippen molar-refractivity contribution in [3.63, 3.8) is 0 Å². The van der Waals surface area contributed by atoms with Gasteiger partial charge in [0.25, 0.3) is 0 Å². The second-order valence-corrected chi connectivity index (χ2v) is 6.12. The molecule has 0 spiro atoms. The van der Waals surface area contributed by atoms with Gasteiger partial charge in [-0.1, -0.05) is 38.1 Å². The van der Waals surface area contributed by atoms with Crippen molar-refractivity contribution in [3.05, 3.63) is 35.4 Å². The molecule has 1 aromatic carbocycles. The second-order valence-electron chi connectivity index (χ2n) is 6.12. The summed E-state index contributed by atoms with van der Waals surface area (Å²) in [5.41, 5.74) is 2.83. The Bertz CT molecular complexity index is 385. The van der Waals surface area contributed by atoms with Crippen LogP contribution in [0.15, 0.2) is 24.3 Å². The number of rotatable bonds is 4. The molecule has 2 rings (SSSR count). The van der Waals surface area contributed by atoms with E-state index in [0.29, 0.717) is 12.1 Å². The van der Waals surface area contributed by atoms with E-state index in [2.05, 4.69) is 62.3 Å². The topological polar surface area (TPSA) is 15.3 Å². The largest absolute Gasteiger partial charge is 0.307 e. The van der Waals surface area contributed by atoms with Gasteiger partial charge in [0, 0.05) is 18.6 Å². The van der Waals surface area contributed by atoms with Gasteiger partial charge in [-0.2, -0.15) is 0 Å². The van der Waals surface area contributed by atoms with E-state index in [0.717, 1.165) is 12.3 Å². The molecular formula is C17H28N2. The molecule has 0 amide bonds. The molecule has 1 fully saturated rings. The summed E-state index contributed by atoms with van der Waals surface area (Å²) in [4.78, 5) is 2.43. The van der Waals surface area contributed by atoms with Gasteiger partial charge in [0.2, 0.25) is 0 Å². The average Bonchev–Trinajstić information content (AvgIpc) is 2.42. The van der Waals surface area contributed by atoms with Crippen molar-refractivity contribution < 1.29 is 0 Å². The van der Waals surface area contributed by atoms with Crippen LogP contribution in [-0.4, -0.2) is 31.1 Å². The summed E-state index contributed by atoms with van der Waals surface area (Å²) < 4.78 is 0. The minimum absolute atomic E-state index is 0.446. The Morgan fingerprint density at radius 3 is 2.58 bits per heavy atom. The fourth-order valence-corrected chi connectivity index (χ4v) is 3.06. The molecule has 2 nitrogen and oxygen atoms in total. The number of benzene rings is 1. The van der Waals surface area contributed by atoms with Gasteiger partial charge in [-0.25, -0.2) is 0 Å². The Balaban J connectivity index is 1.94. The van der Waals surface area contributed by atoms with Crippen molar-refractivity contribution >= 4 is 0 Å². The summed E-state index contributed by atoms with van der Waals surface area (Å²) in [6, 6.07) is 10.2. The molecule has 106 valence electrons. The van der Waals surface area contributed by atoms with Crippen LogP contribution in [0.4, 0.5) is 0 Å². The van der Waals surface area contributed by atoms with Crippen LogP contribution in [-0.2, 0) is 6.42 Å². The lowest BCUT2D eigenvalue weighted by molar-refractivity contribution is 0.168. The highest BCUT2D eigenvalue weighted by Gasteiger charge is 2.25. The maximum atomic E-state index is 3.82. The molecule has 0 aromatic heterocycles. The van der Waals surface area contributed by atoms with Gasteiger partial charge in [0.05, 0.1) is 0 Å². The van der Waals surface area contributed by atoms with Crippen LogP contribution in [0.5, 0.6) is 0 Å². The molecule has 0 radical (unpaired) electrons. The molecule has 3 unspecified atom stereocenters. The fraction of sp³-hybridized carbons (Fsp3) is 0.647. The first-order valence-electron chi connectivity index (χ1n) is 7.63. The first-order chi connectivity index (χ1) is 9.10. The third-order valence-electron chi connectivity index (χ3n) is 4.46. The maximum Gasteiger partial charge on any atom is 0.0294 e. The number of likely N-dealkylation sites (tertiary alicyclic amines) is 1. The highest BCUT2D eigenvalue weighted by Crippen LogP contribution is 2.20. The summed E-state index contributed by atoms with van der Waals surface area (Å²) >= 11 is 0. The van der Waals surface area contributed by atoms with E-state index in [-0.39, 0.29) is 0 Å². The van der Waals surface area contributed by atoms with Gasteiger partial charge in [-0.15, -0.1) is 0 Å². The van der Waals surface area contributed by atoms with E-state index < -0.39 is 0 Å². The number of nitrogens with one attached hydrogen (secondary N) is 1. The molecule has 0 bridgehead atoms. The van der Waals surface area contributed by atoms with E-state index in [4.69, 9.17) is 0 Å². The van der Waals surface area contributed by atoms with Crippen molar-refractivity contribution in [1.82, 2.24) is 10.2 Å². The highest BCUT2D eigenvalue weighted by atomic mass is 15.1. The summed E-state index contributed by atoms with van der Waals surface area (Å²) in [7, 11) is 2.22. The lowest BCUT2D eigenvalue weighted by Crippen LogP contribution is -2.47. The normalized spacial score (nSPS) is 26.3. The van der Waals surface area contributed by atoms with E-state index in [9.17, 15) is 0 Å². The summed E-state index contributed by atoms with van der Waals surface area (Å²) in [5.74, 6) is 0.733. The van der Waals surface area contributed by atoms with Crippen LogP contribution in [0.25, 0.3) is 0 Å². The Morgan fingerprint density at radius 2 is 2.00 bits per heavy atom. The van der Waals surface area contributed by atoms with Crippen LogP contribution < -0.4 is 5.32 Å². The van der Waals surface area contributed by atoms with Gasteiger partial charge in [-0.05, 0) is 50.4 Å². The Hall–Kier alpha value is -0.860. The van der Waals surface area contributed by atoms with E-state index >= 15 is 0 Å². The minimum Gasteiger partial charge on any atom is -0.307 e. The van der Waals surface area contributed by atoms with Crippen LogP contribution in [0, 0.1) is 5.92 Å². The van der Waals surface area contributed by atoms with Gasteiger partial charge in [0.1, 0.15) is 0 Å². The molecular weight excluding hydrogens is 232 g/mol. The van der Waals surface area contributed by atoms with Crippen molar-refractivity contribution in [3.8, 4) is 0 Å². The van der Waals surface area contributed by atoms with Crippen LogP contribution >= 0.6 is 0 Å². The smallest absolute Gasteiger partial charge is 0.0294 e. The fourth-order valence-electron chi connectivity index (χ4n) is 3.06. The number of nitrogens with zero attached hydrogens (tertiary/aromatic N) is 1. The maximum absolute atomic E-state index is 3.82. The molecule has 2 heteroatoms. The Morgan fingerprint density at radius 1 is 1.32 bits per heavy atom. The van der Waals surface area contributed by atoms with Crippen LogP contribution in [0.2, 0.25) is 0 Å². The number of hydrogen-bond acceptors (Lipinski definition) is 2. The van der Waals surface area contributed by atoms with Crippen molar-refractivity contribution in [2.24, 2.45) is 5.92 Å². The number of hydrogen-bond donors (Lipinski definition) is 1. The molecule has 1 aromatic rings. The number of piperidine rings is 1. The van der Waals surface area contributed by atoms with E-state index in [1.54, 1.807) is 0 Å². The molecule has 19 heavy (non-hydrogen) atoms. The predicted octanol–water partition coefficient (Wildman–Crippen LogP) is 3.24. The molecule has 1 saturated heterocycles. The summed E-state index contributed by atoms with van der Waals surface area (Å²) in [6.07, 6.45) is 2.38. The highest BCUT2D eigenvalue weighted by molar-refractivity contribution is 5.24. The zero-order chi connectivity index (χ0) is 13.8. The predicted molar refractivity (Wildman–Crippen MR) is 82.4 cm³/mol. The average molecular weight is 260 g/mol. The first kappa shape index (κ1) is 14.5. The monoisotopic (exact) mass is 260 g/mol. The number of aryl methyl sites for hydroxylation is 1. The zero-order valence-electron chi connectivity index (χ0n) is 12.8. The standard InChI is InChI=1S/C17H28N2/c1-5-15-6-8-16(9-7-15)14(3)18-17-10-11-19(4)12-13(17)2/h6-9,13-14,17-18H,5,10-12H2,1-4H3. The van der Waals surface area contributed by atoms with Gasteiger partial charge >= 0.3 is 0 Å². The van der Waals surface area contributed by atoms with Gasteiger partial charge in [0.15, 0.2) is 0 Å². The molecule has 0 saturated carbocycles. The molecule has 1 aliphatic rings. The minimum atomic E-state index is 0.446. The second kappa shape index (κ2) is 6.53. The molecule has 0 aliphatic carbocycles. The molecule has 1 N–H and O–H groups in total. The summed E-state index contributed by atoms with van der Waals surface area (Å²) in [5, 5.41) is 3.82. The molecule has 3 atom stereocenters. The quantitative estimate of drug-likeness (QED) is 0.894. The lowest BCUT2D eigenvalue weighted by Gasteiger charge is -2.37. The Labute approximate surface area is 118 Å². The Kier molecular flexibility index (Phi) is 5.00. The van der Waals surface area contributed by atoms with E-state index in [1.165, 1.54) is 30.6 Å². The van der Waals surface area contributed by atoms with Crippen molar-refractivity contribution in [2.45, 2.75) is 45.7 Å². The molecule has 1 heterocycles. The molecule has 1 aliphatic heterocycles. The first-order valence-corrected chi connectivity index (χ1v) is 7.63. The van der Waals surface area contributed by atoms with Crippen LogP contribution in [0.3, 0.4) is 0 Å². The lowest BCUT2D eigenvalue weighted by atomic mass is 9.92. The third-order valence-corrected chi connectivity index (χ3v) is 4.46.